The number of nitrogens with one attached hydrogen (secondary N) is 1. The second kappa shape index (κ2) is 9.85. The van der Waals surface area contributed by atoms with Gasteiger partial charge in [0.25, 0.3) is 0 Å². The molecule has 0 bridgehead atoms. The number of para-hydroxylation sites is 1. The van der Waals surface area contributed by atoms with Crippen LogP contribution in [0.1, 0.15) is 49.3 Å². The van der Waals surface area contributed by atoms with Crippen LogP contribution in [0, 0.1) is 5.92 Å². The van der Waals surface area contributed by atoms with Crippen molar-refractivity contribution in [2.75, 3.05) is 19.0 Å². The number of hydrogen-bond acceptors (Lipinski definition) is 6. The average Bonchev–Trinajstić information content (AvgIpc) is 3.04. The van der Waals surface area contributed by atoms with Crippen molar-refractivity contribution in [1.29, 1.82) is 0 Å². The Kier molecular flexibility index (Phi) is 6.65. The molecule has 2 aromatic rings. The van der Waals surface area contributed by atoms with Crippen molar-refractivity contribution in [3.63, 3.8) is 0 Å². The van der Waals surface area contributed by atoms with Crippen LogP contribution in [0.2, 0.25) is 0 Å². The molecule has 3 aliphatic rings. The summed E-state index contributed by atoms with van der Waals surface area (Å²) in [7, 11) is 4.01. The van der Waals surface area contributed by atoms with Gasteiger partial charge >= 0.3 is 6.03 Å². The molecular weight excluding hydrogens is 460 g/mol. The number of urea groups is 1. The zero-order valence-electron chi connectivity index (χ0n) is 20.1. The van der Waals surface area contributed by atoms with Gasteiger partial charge in [-0.05, 0) is 42.7 Å². The molecule has 1 saturated heterocycles. The SMILES string of the molecule is CN(C)c1ccc(C2CC(C3C(=O)NC(=O)N(C4CCCCC4)C3=O)=Nc3ccccc3S2)cc1. The van der Waals surface area contributed by atoms with E-state index in [0.29, 0.717) is 12.1 Å². The second-order valence-electron chi connectivity index (χ2n) is 9.59. The van der Waals surface area contributed by atoms with Gasteiger partial charge in [-0.15, -0.1) is 11.8 Å². The number of amides is 4. The fourth-order valence-corrected chi connectivity index (χ4v) is 6.40. The molecule has 2 aliphatic heterocycles. The Morgan fingerprint density at radius 2 is 1.69 bits per heavy atom. The molecule has 1 saturated carbocycles. The lowest BCUT2D eigenvalue weighted by molar-refractivity contribution is -0.141. The van der Waals surface area contributed by atoms with Gasteiger partial charge in [0.2, 0.25) is 11.8 Å². The van der Waals surface area contributed by atoms with Gasteiger partial charge in [-0.1, -0.05) is 43.5 Å². The zero-order valence-corrected chi connectivity index (χ0v) is 20.9. The van der Waals surface area contributed by atoms with E-state index in [1.54, 1.807) is 11.8 Å². The lowest BCUT2D eigenvalue weighted by Gasteiger charge is -2.37. The number of imide groups is 2. The third kappa shape index (κ3) is 4.72. The van der Waals surface area contributed by atoms with Gasteiger partial charge in [0.15, 0.2) is 5.92 Å². The number of anilines is 1. The normalized spacial score (nSPS) is 23.3. The van der Waals surface area contributed by atoms with E-state index in [2.05, 4.69) is 29.6 Å². The molecule has 1 N–H and O–H groups in total. The predicted molar refractivity (Wildman–Crippen MR) is 138 cm³/mol. The number of benzene rings is 2. The van der Waals surface area contributed by atoms with Gasteiger partial charge in [-0.2, -0.15) is 0 Å². The third-order valence-corrected chi connectivity index (χ3v) is 8.37. The molecule has 7 nitrogen and oxygen atoms in total. The number of thioether (sulfide) groups is 1. The minimum Gasteiger partial charge on any atom is -0.378 e. The summed E-state index contributed by atoms with van der Waals surface area (Å²) in [5.41, 5.74) is 3.47. The predicted octanol–water partition coefficient (Wildman–Crippen LogP) is 5.09. The highest BCUT2D eigenvalue weighted by atomic mass is 32.2. The van der Waals surface area contributed by atoms with E-state index in [1.165, 1.54) is 4.90 Å². The maximum atomic E-state index is 13.7. The monoisotopic (exact) mass is 490 g/mol. The van der Waals surface area contributed by atoms with Crippen LogP contribution in [0.15, 0.2) is 58.4 Å². The Balaban J connectivity index is 1.51. The van der Waals surface area contributed by atoms with Gasteiger partial charge in [-0.3, -0.25) is 24.8 Å². The Morgan fingerprint density at radius 3 is 2.40 bits per heavy atom. The van der Waals surface area contributed by atoms with Crippen molar-refractivity contribution >= 4 is 46.7 Å². The lowest BCUT2D eigenvalue weighted by Crippen LogP contribution is -2.62. The maximum absolute atomic E-state index is 13.7. The summed E-state index contributed by atoms with van der Waals surface area (Å²) in [6.45, 7) is 0. The second-order valence-corrected chi connectivity index (χ2v) is 10.8. The van der Waals surface area contributed by atoms with E-state index in [-0.39, 0.29) is 11.3 Å². The lowest BCUT2D eigenvalue weighted by atomic mass is 9.89. The number of rotatable bonds is 4. The van der Waals surface area contributed by atoms with Gasteiger partial charge < -0.3 is 4.90 Å². The van der Waals surface area contributed by atoms with E-state index < -0.39 is 23.8 Å². The van der Waals surface area contributed by atoms with Crippen molar-refractivity contribution < 1.29 is 14.4 Å². The van der Waals surface area contributed by atoms with Gasteiger partial charge in [-0.25, -0.2) is 4.79 Å². The standard InChI is InChI=1S/C27H30N4O3S/c1-30(2)18-14-12-17(13-15-18)23-16-21(28-20-10-6-7-11-22(20)35-23)24-25(32)29-27(34)31(26(24)33)19-8-4-3-5-9-19/h6-7,10-15,19,23-24H,3-5,8-9,16H2,1-2H3,(H,29,32,34). The fraction of sp³-hybridized carbons (Fsp3) is 0.407. The van der Waals surface area contributed by atoms with Crippen molar-refractivity contribution in [2.45, 2.75) is 54.7 Å². The molecule has 0 spiro atoms. The minimum atomic E-state index is -1.09. The average molecular weight is 491 g/mol. The first-order chi connectivity index (χ1) is 16.9. The van der Waals surface area contributed by atoms with E-state index in [9.17, 15) is 14.4 Å². The van der Waals surface area contributed by atoms with Crippen molar-refractivity contribution in [3.05, 3.63) is 54.1 Å². The smallest absolute Gasteiger partial charge is 0.331 e. The number of carbonyl (C=O) groups is 3. The molecule has 8 heteroatoms. The van der Waals surface area contributed by atoms with Crippen LogP contribution in [-0.4, -0.2) is 48.6 Å². The molecule has 182 valence electrons. The highest BCUT2D eigenvalue weighted by Crippen LogP contribution is 2.46. The zero-order chi connectivity index (χ0) is 24.5. The molecule has 2 heterocycles. The molecule has 2 fully saturated rings. The van der Waals surface area contributed by atoms with Crippen molar-refractivity contribution in [3.8, 4) is 0 Å². The quantitative estimate of drug-likeness (QED) is 0.604. The van der Waals surface area contributed by atoms with Crippen LogP contribution in [0.4, 0.5) is 16.2 Å². The summed E-state index contributed by atoms with van der Waals surface area (Å²) < 4.78 is 0. The summed E-state index contributed by atoms with van der Waals surface area (Å²) in [4.78, 5) is 48.7. The number of fused-ring (bicyclic) bond motifs is 1. The maximum Gasteiger partial charge on any atom is 0.331 e. The Bertz CT molecular complexity index is 1170. The molecule has 35 heavy (non-hydrogen) atoms. The van der Waals surface area contributed by atoms with E-state index in [1.807, 2.05) is 43.3 Å². The summed E-state index contributed by atoms with van der Waals surface area (Å²) >= 11 is 1.69. The first-order valence-electron chi connectivity index (χ1n) is 12.2. The first-order valence-corrected chi connectivity index (χ1v) is 13.1. The summed E-state index contributed by atoms with van der Waals surface area (Å²) in [5, 5.41) is 2.44. The van der Waals surface area contributed by atoms with Gasteiger partial charge in [0.05, 0.1) is 5.69 Å². The van der Waals surface area contributed by atoms with Gasteiger partial charge in [0.1, 0.15) is 0 Å². The van der Waals surface area contributed by atoms with E-state index in [4.69, 9.17) is 4.99 Å². The van der Waals surface area contributed by atoms with Crippen LogP contribution >= 0.6 is 11.8 Å². The number of hydrogen-bond donors (Lipinski definition) is 1. The van der Waals surface area contributed by atoms with E-state index in [0.717, 1.165) is 53.9 Å². The first kappa shape index (κ1) is 23.6. The topological polar surface area (TPSA) is 82.1 Å². The third-order valence-electron chi connectivity index (χ3n) is 7.04. The number of aliphatic imine (C=N–C) groups is 1. The molecule has 0 radical (unpaired) electrons. The fourth-order valence-electron chi connectivity index (χ4n) is 5.16. The summed E-state index contributed by atoms with van der Waals surface area (Å²) in [6.07, 6.45) is 5.08. The largest absolute Gasteiger partial charge is 0.378 e. The Hall–Kier alpha value is -3.13. The van der Waals surface area contributed by atoms with Crippen molar-refractivity contribution in [2.24, 2.45) is 10.9 Å². The van der Waals surface area contributed by atoms with Crippen LogP contribution in [0.25, 0.3) is 0 Å². The molecule has 2 unspecified atom stereocenters. The molecule has 2 aromatic carbocycles. The highest BCUT2D eigenvalue weighted by molar-refractivity contribution is 7.99. The van der Waals surface area contributed by atoms with Crippen LogP contribution in [-0.2, 0) is 9.59 Å². The van der Waals surface area contributed by atoms with Crippen LogP contribution in [0.3, 0.4) is 0 Å². The van der Waals surface area contributed by atoms with Crippen LogP contribution < -0.4 is 10.2 Å². The van der Waals surface area contributed by atoms with Crippen LogP contribution in [0.5, 0.6) is 0 Å². The number of barbiturate groups is 1. The molecule has 1 aliphatic carbocycles. The molecule has 5 rings (SSSR count). The van der Waals surface area contributed by atoms with Gasteiger partial charge in [0, 0.05) is 48.1 Å². The molecule has 2 atom stereocenters. The summed E-state index contributed by atoms with van der Waals surface area (Å²) in [6, 6.07) is 15.4. The highest BCUT2D eigenvalue weighted by Gasteiger charge is 2.46. The number of carbonyl (C=O) groups excluding carboxylic acids is 3. The Labute approximate surface area is 210 Å². The van der Waals surface area contributed by atoms with E-state index >= 15 is 0 Å². The summed E-state index contributed by atoms with van der Waals surface area (Å²) in [5.74, 6) is -2.10. The minimum absolute atomic E-state index is 0.0185. The molecule has 4 amide bonds. The number of nitrogens with zero attached hydrogens (tertiary/aromatic N) is 3. The molecule has 0 aromatic heterocycles. The Morgan fingerprint density at radius 1 is 0.971 bits per heavy atom. The van der Waals surface area contributed by atoms with Crippen molar-refractivity contribution in [1.82, 2.24) is 10.2 Å². The molecular formula is C27H30N4O3S.